The number of aliphatic hydroxyl groups excluding tert-OH is 1. The lowest BCUT2D eigenvalue weighted by atomic mass is 9.83. The van der Waals surface area contributed by atoms with Crippen LogP contribution in [0.5, 0.6) is 5.75 Å². The fraction of sp³-hybridized carbons (Fsp3) is 0.429. The van der Waals surface area contributed by atoms with Gasteiger partial charge in [-0.05, 0) is 31.5 Å². The molecule has 0 aliphatic rings. The number of benzene rings is 1. The minimum absolute atomic E-state index is 0.388. The Bertz CT molecular complexity index is 461. The zero-order chi connectivity index (χ0) is 14.6. The third-order valence-corrected chi connectivity index (χ3v) is 2.85. The van der Waals surface area contributed by atoms with Crippen molar-refractivity contribution >= 4 is 11.9 Å². The van der Waals surface area contributed by atoms with Gasteiger partial charge in [-0.2, -0.15) is 0 Å². The number of carbonyl (C=O) groups excluding carboxylic acids is 2. The summed E-state index contributed by atoms with van der Waals surface area (Å²) in [7, 11) is 1.28. The van der Waals surface area contributed by atoms with E-state index >= 15 is 0 Å². The molecule has 0 amide bonds. The number of rotatable bonds is 4. The number of carbonyl (C=O) groups is 2. The summed E-state index contributed by atoms with van der Waals surface area (Å²) in [6, 6.07) is 6.34. The lowest BCUT2D eigenvalue weighted by Gasteiger charge is -2.27. The van der Waals surface area contributed by atoms with Crippen LogP contribution in [0.3, 0.4) is 0 Å². The van der Waals surface area contributed by atoms with Crippen molar-refractivity contribution in [3.63, 3.8) is 0 Å². The molecule has 1 N–H and O–H groups in total. The van der Waals surface area contributed by atoms with Crippen LogP contribution in [-0.4, -0.2) is 24.2 Å². The van der Waals surface area contributed by atoms with Gasteiger partial charge in [0.15, 0.2) is 0 Å². The van der Waals surface area contributed by atoms with E-state index in [0.29, 0.717) is 11.3 Å². The highest BCUT2D eigenvalue weighted by Crippen LogP contribution is 2.34. The summed E-state index contributed by atoms with van der Waals surface area (Å²) in [6.07, 6.45) is -1.01. The number of hydrogen-bond acceptors (Lipinski definition) is 5. The molecule has 104 valence electrons. The first-order chi connectivity index (χ1) is 8.78. The van der Waals surface area contributed by atoms with Gasteiger partial charge in [0.25, 0.3) is 0 Å². The van der Waals surface area contributed by atoms with Crippen LogP contribution in [0.25, 0.3) is 0 Å². The average Bonchev–Trinajstić information content (AvgIpc) is 2.37. The lowest BCUT2D eigenvalue weighted by molar-refractivity contribution is -0.157. The Kier molecular flexibility index (Phi) is 4.67. The van der Waals surface area contributed by atoms with Gasteiger partial charge in [-0.15, -0.1) is 0 Å². The molecule has 1 aromatic rings. The first-order valence-electron chi connectivity index (χ1n) is 5.84. The highest BCUT2D eigenvalue weighted by atomic mass is 16.5. The van der Waals surface area contributed by atoms with Crippen LogP contribution in [0.15, 0.2) is 24.3 Å². The molecule has 0 aliphatic carbocycles. The Balaban J connectivity index is 2.91. The third-order valence-electron chi connectivity index (χ3n) is 2.85. The molecule has 5 heteroatoms. The first kappa shape index (κ1) is 15.2. The summed E-state index contributed by atoms with van der Waals surface area (Å²) < 4.78 is 9.56. The van der Waals surface area contributed by atoms with Crippen molar-refractivity contribution in [2.75, 3.05) is 7.11 Å². The number of ether oxygens (including phenoxy) is 2. The molecule has 1 aromatic carbocycles. The second kappa shape index (κ2) is 5.84. The minimum atomic E-state index is -1.06. The summed E-state index contributed by atoms with van der Waals surface area (Å²) in [5.74, 6) is -0.522. The molecule has 5 nitrogen and oxygen atoms in total. The molecule has 0 saturated carbocycles. The van der Waals surface area contributed by atoms with Crippen LogP contribution in [0.2, 0.25) is 0 Å². The van der Waals surface area contributed by atoms with Crippen LogP contribution in [-0.2, 0) is 14.3 Å². The molecular weight excluding hydrogens is 248 g/mol. The van der Waals surface area contributed by atoms with Crippen molar-refractivity contribution in [3.8, 4) is 5.75 Å². The maximum Gasteiger partial charge on any atom is 0.314 e. The molecule has 0 saturated heterocycles. The van der Waals surface area contributed by atoms with Crippen molar-refractivity contribution in [2.45, 2.75) is 26.9 Å². The fourth-order valence-corrected chi connectivity index (χ4v) is 1.68. The third kappa shape index (κ3) is 3.54. The summed E-state index contributed by atoms with van der Waals surface area (Å²) >= 11 is 0. The smallest absolute Gasteiger partial charge is 0.314 e. The van der Waals surface area contributed by atoms with Crippen molar-refractivity contribution < 1.29 is 24.2 Å². The highest BCUT2D eigenvalue weighted by molar-refractivity contribution is 5.76. The second-order valence-corrected chi connectivity index (χ2v) is 4.78. The molecule has 0 heterocycles. The molecule has 0 radical (unpaired) electrons. The Morgan fingerprint density at radius 3 is 2.16 bits per heavy atom. The summed E-state index contributed by atoms with van der Waals surface area (Å²) in [5.41, 5.74) is -0.510. The molecule has 0 fully saturated rings. The van der Waals surface area contributed by atoms with Gasteiger partial charge < -0.3 is 14.6 Å². The van der Waals surface area contributed by atoms with Gasteiger partial charge in [0.2, 0.25) is 0 Å². The van der Waals surface area contributed by atoms with E-state index in [0.717, 1.165) is 0 Å². The predicted octanol–water partition coefficient (Wildman–Crippen LogP) is 1.84. The zero-order valence-corrected chi connectivity index (χ0v) is 11.5. The van der Waals surface area contributed by atoms with Crippen LogP contribution >= 0.6 is 0 Å². The Hall–Kier alpha value is -1.88. The van der Waals surface area contributed by atoms with Crippen molar-refractivity contribution in [2.24, 2.45) is 5.41 Å². The molecule has 19 heavy (non-hydrogen) atoms. The standard InChI is InChI=1S/C14H18O5/c1-9(15)19-11-7-5-10(6-8-11)12(16)14(2,3)13(17)18-4/h5-8,12,16H,1-4H3. The summed E-state index contributed by atoms with van der Waals surface area (Å²) in [6.45, 7) is 4.51. The molecule has 0 bridgehead atoms. The van der Waals surface area contributed by atoms with E-state index in [9.17, 15) is 14.7 Å². The van der Waals surface area contributed by atoms with Gasteiger partial charge in [0.05, 0.1) is 18.6 Å². The summed E-state index contributed by atoms with van der Waals surface area (Å²) in [4.78, 5) is 22.4. The van der Waals surface area contributed by atoms with E-state index < -0.39 is 23.5 Å². The van der Waals surface area contributed by atoms with Crippen LogP contribution in [0.1, 0.15) is 32.4 Å². The van der Waals surface area contributed by atoms with Crippen molar-refractivity contribution in [1.82, 2.24) is 0 Å². The van der Waals surface area contributed by atoms with Crippen LogP contribution in [0, 0.1) is 5.41 Å². The molecule has 1 atom stereocenters. The largest absolute Gasteiger partial charge is 0.469 e. The number of methoxy groups -OCH3 is 1. The Morgan fingerprint density at radius 2 is 1.74 bits per heavy atom. The SMILES string of the molecule is COC(=O)C(C)(C)C(O)c1ccc(OC(C)=O)cc1. The van der Waals surface area contributed by atoms with E-state index in [-0.39, 0.29) is 0 Å². The van der Waals surface area contributed by atoms with Crippen molar-refractivity contribution in [1.29, 1.82) is 0 Å². The minimum Gasteiger partial charge on any atom is -0.469 e. The first-order valence-corrected chi connectivity index (χ1v) is 5.84. The maximum atomic E-state index is 11.6. The van der Waals surface area contributed by atoms with Gasteiger partial charge in [-0.3, -0.25) is 9.59 Å². The lowest BCUT2D eigenvalue weighted by Crippen LogP contribution is -2.32. The highest BCUT2D eigenvalue weighted by Gasteiger charge is 2.37. The van der Waals surface area contributed by atoms with E-state index in [1.54, 1.807) is 38.1 Å². The molecule has 1 unspecified atom stereocenters. The van der Waals surface area contributed by atoms with Crippen molar-refractivity contribution in [3.05, 3.63) is 29.8 Å². The number of aliphatic hydroxyl groups is 1. The fourth-order valence-electron chi connectivity index (χ4n) is 1.68. The average molecular weight is 266 g/mol. The van der Waals surface area contributed by atoms with Gasteiger partial charge >= 0.3 is 11.9 Å². The number of esters is 2. The molecule has 0 aromatic heterocycles. The topological polar surface area (TPSA) is 72.8 Å². The molecule has 1 rings (SSSR count). The van der Waals surface area contributed by atoms with E-state index in [1.807, 2.05) is 0 Å². The molecule has 0 aliphatic heterocycles. The van der Waals surface area contributed by atoms with E-state index in [1.165, 1.54) is 14.0 Å². The molecule has 0 spiro atoms. The quantitative estimate of drug-likeness (QED) is 0.665. The van der Waals surface area contributed by atoms with E-state index in [2.05, 4.69) is 4.74 Å². The molecular formula is C14H18O5. The van der Waals surface area contributed by atoms with Crippen LogP contribution in [0.4, 0.5) is 0 Å². The van der Waals surface area contributed by atoms with Gasteiger partial charge in [-0.25, -0.2) is 0 Å². The van der Waals surface area contributed by atoms with Gasteiger partial charge in [-0.1, -0.05) is 12.1 Å². The predicted molar refractivity (Wildman–Crippen MR) is 68.5 cm³/mol. The van der Waals surface area contributed by atoms with Crippen LogP contribution < -0.4 is 4.74 Å². The maximum absolute atomic E-state index is 11.6. The zero-order valence-electron chi connectivity index (χ0n) is 11.5. The Morgan fingerprint density at radius 1 is 1.21 bits per heavy atom. The monoisotopic (exact) mass is 266 g/mol. The van der Waals surface area contributed by atoms with E-state index in [4.69, 9.17) is 4.74 Å². The second-order valence-electron chi connectivity index (χ2n) is 4.78. The Labute approximate surface area is 112 Å². The number of hydrogen-bond donors (Lipinski definition) is 1. The summed E-state index contributed by atoms with van der Waals surface area (Å²) in [5, 5.41) is 10.2. The van der Waals surface area contributed by atoms with Gasteiger partial charge in [0, 0.05) is 6.92 Å². The normalized spacial score (nSPS) is 12.7. The van der Waals surface area contributed by atoms with Gasteiger partial charge in [0.1, 0.15) is 5.75 Å².